The SMILES string of the molecule is C[C@@H](NC(=O)COC(=O)/C=C/c1ccc(-c2ccccc2)s1)c1ccco1. The highest BCUT2D eigenvalue weighted by molar-refractivity contribution is 7.16. The third-order valence-electron chi connectivity index (χ3n) is 3.76. The zero-order valence-electron chi connectivity index (χ0n) is 14.8. The van der Waals surface area contributed by atoms with Gasteiger partial charge in [0.15, 0.2) is 6.61 Å². The minimum Gasteiger partial charge on any atom is -0.467 e. The van der Waals surface area contributed by atoms with Crippen molar-refractivity contribution in [2.45, 2.75) is 13.0 Å². The van der Waals surface area contributed by atoms with E-state index in [-0.39, 0.29) is 18.6 Å². The van der Waals surface area contributed by atoms with Crippen LogP contribution in [0, 0.1) is 0 Å². The molecule has 0 unspecified atom stereocenters. The highest BCUT2D eigenvalue weighted by Gasteiger charge is 2.12. The van der Waals surface area contributed by atoms with Gasteiger partial charge in [0.25, 0.3) is 5.91 Å². The summed E-state index contributed by atoms with van der Waals surface area (Å²) in [5.74, 6) is -0.310. The summed E-state index contributed by atoms with van der Waals surface area (Å²) in [4.78, 5) is 25.7. The monoisotopic (exact) mass is 381 g/mol. The molecule has 0 saturated carbocycles. The van der Waals surface area contributed by atoms with Crippen LogP contribution in [0.4, 0.5) is 0 Å². The Morgan fingerprint density at radius 1 is 1.15 bits per heavy atom. The minimum atomic E-state index is -0.564. The van der Waals surface area contributed by atoms with Crippen molar-refractivity contribution in [3.8, 4) is 10.4 Å². The summed E-state index contributed by atoms with van der Waals surface area (Å²) in [5.41, 5.74) is 1.13. The lowest BCUT2D eigenvalue weighted by Gasteiger charge is -2.10. The Morgan fingerprint density at radius 2 is 1.96 bits per heavy atom. The van der Waals surface area contributed by atoms with Gasteiger partial charge in [0.05, 0.1) is 12.3 Å². The maximum absolute atomic E-state index is 11.8. The van der Waals surface area contributed by atoms with Gasteiger partial charge in [0.1, 0.15) is 5.76 Å². The fourth-order valence-corrected chi connectivity index (χ4v) is 3.34. The van der Waals surface area contributed by atoms with Crippen LogP contribution >= 0.6 is 11.3 Å². The van der Waals surface area contributed by atoms with Crippen molar-refractivity contribution in [3.05, 3.63) is 77.6 Å². The molecule has 2 aromatic heterocycles. The molecule has 0 aliphatic heterocycles. The van der Waals surface area contributed by atoms with Crippen molar-refractivity contribution >= 4 is 29.3 Å². The molecule has 0 aliphatic rings. The quantitative estimate of drug-likeness (QED) is 0.485. The second kappa shape index (κ2) is 9.00. The number of carbonyl (C=O) groups excluding carboxylic acids is 2. The summed E-state index contributed by atoms with van der Waals surface area (Å²) in [5, 5.41) is 2.70. The van der Waals surface area contributed by atoms with E-state index in [0.29, 0.717) is 5.76 Å². The van der Waals surface area contributed by atoms with Crippen molar-refractivity contribution in [1.82, 2.24) is 5.32 Å². The van der Waals surface area contributed by atoms with Gasteiger partial charge in [0.2, 0.25) is 0 Å². The Labute approximate surface area is 161 Å². The molecule has 1 N–H and O–H groups in total. The predicted molar refractivity (Wildman–Crippen MR) is 105 cm³/mol. The molecule has 0 fully saturated rings. The van der Waals surface area contributed by atoms with E-state index in [9.17, 15) is 9.59 Å². The molecule has 2 heterocycles. The van der Waals surface area contributed by atoms with E-state index in [1.807, 2.05) is 42.5 Å². The predicted octanol–water partition coefficient (Wildman–Crippen LogP) is 4.44. The number of hydrogen-bond acceptors (Lipinski definition) is 5. The number of amides is 1. The van der Waals surface area contributed by atoms with Gasteiger partial charge in [-0.25, -0.2) is 4.79 Å². The topological polar surface area (TPSA) is 68.5 Å². The first-order valence-electron chi connectivity index (χ1n) is 8.44. The summed E-state index contributed by atoms with van der Waals surface area (Å²) in [6.07, 6.45) is 4.54. The van der Waals surface area contributed by atoms with E-state index in [1.165, 1.54) is 12.3 Å². The Balaban J connectivity index is 1.46. The van der Waals surface area contributed by atoms with Gasteiger partial charge in [-0.3, -0.25) is 4.79 Å². The molecule has 138 valence electrons. The number of hydrogen-bond donors (Lipinski definition) is 1. The lowest BCUT2D eigenvalue weighted by Crippen LogP contribution is -2.30. The third kappa shape index (κ3) is 5.43. The van der Waals surface area contributed by atoms with Gasteiger partial charge < -0.3 is 14.5 Å². The minimum absolute atomic E-state index is 0.288. The van der Waals surface area contributed by atoms with Gasteiger partial charge in [-0.15, -0.1) is 11.3 Å². The fraction of sp³-hybridized carbons (Fsp3) is 0.143. The van der Waals surface area contributed by atoms with Crippen molar-refractivity contribution in [2.24, 2.45) is 0 Å². The highest BCUT2D eigenvalue weighted by Crippen LogP contribution is 2.28. The first-order valence-corrected chi connectivity index (χ1v) is 9.26. The van der Waals surface area contributed by atoms with Crippen molar-refractivity contribution in [3.63, 3.8) is 0 Å². The summed E-state index contributed by atoms with van der Waals surface area (Å²) in [6.45, 7) is 1.45. The zero-order chi connectivity index (χ0) is 19.1. The summed E-state index contributed by atoms with van der Waals surface area (Å²) in [6, 6.07) is 17.2. The second-order valence-corrected chi connectivity index (χ2v) is 6.93. The van der Waals surface area contributed by atoms with Gasteiger partial charge in [-0.05, 0) is 42.8 Å². The van der Waals surface area contributed by atoms with Gasteiger partial charge in [-0.2, -0.15) is 0 Å². The first-order chi connectivity index (χ1) is 13.1. The Hall–Kier alpha value is -3.12. The highest BCUT2D eigenvalue weighted by atomic mass is 32.1. The van der Waals surface area contributed by atoms with Crippen molar-refractivity contribution in [2.75, 3.05) is 6.61 Å². The maximum Gasteiger partial charge on any atom is 0.331 e. The summed E-state index contributed by atoms with van der Waals surface area (Å²) in [7, 11) is 0. The number of esters is 1. The Kier molecular flexibility index (Phi) is 6.22. The zero-order valence-corrected chi connectivity index (χ0v) is 15.6. The van der Waals surface area contributed by atoms with Crippen LogP contribution in [0.2, 0.25) is 0 Å². The molecule has 1 amide bonds. The van der Waals surface area contributed by atoms with E-state index < -0.39 is 5.97 Å². The average Bonchev–Trinajstić information content (AvgIpc) is 3.37. The van der Waals surface area contributed by atoms with E-state index in [4.69, 9.17) is 9.15 Å². The molecular weight excluding hydrogens is 362 g/mol. The Morgan fingerprint density at radius 3 is 2.70 bits per heavy atom. The lowest BCUT2D eigenvalue weighted by atomic mass is 10.2. The van der Waals surface area contributed by atoms with Crippen LogP contribution in [-0.2, 0) is 14.3 Å². The molecule has 0 spiro atoms. The molecule has 3 aromatic rings. The third-order valence-corrected chi connectivity index (χ3v) is 4.86. The van der Waals surface area contributed by atoms with Crippen LogP contribution in [-0.4, -0.2) is 18.5 Å². The molecule has 0 bridgehead atoms. The van der Waals surface area contributed by atoms with Gasteiger partial charge >= 0.3 is 5.97 Å². The number of nitrogens with one attached hydrogen (secondary N) is 1. The standard InChI is InChI=1S/C21H19NO4S/c1-15(18-8-5-13-25-18)22-20(23)14-26-21(24)12-10-17-9-11-19(27-17)16-6-3-2-4-7-16/h2-13,15H,14H2,1H3,(H,22,23)/b12-10+/t15-/m1/s1. The van der Waals surface area contributed by atoms with Crippen LogP contribution in [0.1, 0.15) is 23.6 Å². The molecule has 6 heteroatoms. The van der Waals surface area contributed by atoms with Gasteiger partial charge in [0, 0.05) is 15.8 Å². The molecular formula is C21H19NO4S. The molecule has 0 radical (unpaired) electrons. The summed E-state index contributed by atoms with van der Waals surface area (Å²) >= 11 is 1.57. The molecule has 5 nitrogen and oxygen atoms in total. The molecule has 3 rings (SSSR count). The van der Waals surface area contributed by atoms with E-state index in [2.05, 4.69) is 5.32 Å². The fourth-order valence-electron chi connectivity index (χ4n) is 2.43. The smallest absolute Gasteiger partial charge is 0.331 e. The first kappa shape index (κ1) is 18.7. The average molecular weight is 381 g/mol. The number of ether oxygens (including phenoxy) is 1. The lowest BCUT2D eigenvalue weighted by molar-refractivity contribution is -0.144. The summed E-state index contributed by atoms with van der Waals surface area (Å²) < 4.78 is 10.2. The van der Waals surface area contributed by atoms with Crippen molar-refractivity contribution < 1.29 is 18.7 Å². The van der Waals surface area contributed by atoms with Crippen LogP contribution in [0.5, 0.6) is 0 Å². The number of benzene rings is 1. The number of thiophene rings is 1. The molecule has 0 saturated heterocycles. The van der Waals surface area contributed by atoms with Crippen LogP contribution in [0.25, 0.3) is 16.5 Å². The molecule has 0 aliphatic carbocycles. The number of furan rings is 1. The van der Waals surface area contributed by atoms with E-state index in [1.54, 1.807) is 36.5 Å². The molecule has 27 heavy (non-hydrogen) atoms. The van der Waals surface area contributed by atoms with Crippen LogP contribution < -0.4 is 5.32 Å². The Bertz CT molecular complexity index is 913. The van der Waals surface area contributed by atoms with E-state index in [0.717, 1.165) is 15.3 Å². The van der Waals surface area contributed by atoms with E-state index >= 15 is 0 Å². The normalized spacial score (nSPS) is 12.0. The molecule has 1 aromatic carbocycles. The van der Waals surface area contributed by atoms with Crippen molar-refractivity contribution in [1.29, 1.82) is 0 Å². The largest absolute Gasteiger partial charge is 0.467 e. The number of carbonyl (C=O) groups is 2. The van der Waals surface area contributed by atoms with Crippen LogP contribution in [0.15, 0.2) is 71.4 Å². The molecule has 1 atom stereocenters. The van der Waals surface area contributed by atoms with Gasteiger partial charge in [-0.1, -0.05) is 30.3 Å². The second-order valence-electron chi connectivity index (χ2n) is 5.81. The van der Waals surface area contributed by atoms with Crippen LogP contribution in [0.3, 0.4) is 0 Å². The number of rotatable bonds is 7. The maximum atomic E-state index is 11.8.